The lowest BCUT2D eigenvalue weighted by Crippen LogP contribution is -2.34. The molecule has 0 aliphatic carbocycles. The molecule has 0 amide bonds. The molecule has 1 unspecified atom stereocenters. The minimum Gasteiger partial charge on any atom is -0.390 e. The van der Waals surface area contributed by atoms with Crippen molar-refractivity contribution in [3.8, 4) is 0 Å². The lowest BCUT2D eigenvalue weighted by Gasteiger charge is -2.24. The number of aryl methyl sites for hydroxylation is 3. The van der Waals surface area contributed by atoms with Crippen LogP contribution in [-0.4, -0.2) is 36.5 Å². The molecule has 0 saturated carbocycles. The molecule has 0 spiro atoms. The number of rotatable bonds is 2. The standard InChI is InChI=1S/C16H25NO3S/c1-12-10-13(2)15(14(3)11-12)21(19,20)17-8-5-6-16(4,18)7-9-17/h10-11,18H,5-9H2,1-4H3. The largest absolute Gasteiger partial charge is 0.390 e. The van der Waals surface area contributed by atoms with Crippen molar-refractivity contribution in [3.63, 3.8) is 0 Å². The number of hydrogen-bond acceptors (Lipinski definition) is 3. The molecule has 1 aromatic carbocycles. The van der Waals surface area contributed by atoms with Crippen LogP contribution in [0.15, 0.2) is 17.0 Å². The molecule has 4 nitrogen and oxygen atoms in total. The second kappa shape index (κ2) is 5.71. The monoisotopic (exact) mass is 311 g/mol. The second-order valence-electron chi connectivity index (χ2n) is 6.48. The van der Waals surface area contributed by atoms with Crippen molar-refractivity contribution in [1.82, 2.24) is 4.31 Å². The van der Waals surface area contributed by atoms with Gasteiger partial charge in [0.2, 0.25) is 10.0 Å². The number of nitrogens with zero attached hydrogens (tertiary/aromatic N) is 1. The van der Waals surface area contributed by atoms with Crippen molar-refractivity contribution in [1.29, 1.82) is 0 Å². The van der Waals surface area contributed by atoms with Crippen molar-refractivity contribution in [2.24, 2.45) is 0 Å². The van der Waals surface area contributed by atoms with Gasteiger partial charge >= 0.3 is 0 Å². The van der Waals surface area contributed by atoms with Crippen LogP contribution in [0.3, 0.4) is 0 Å². The highest BCUT2D eigenvalue weighted by Gasteiger charge is 2.33. The highest BCUT2D eigenvalue weighted by Crippen LogP contribution is 2.29. The summed E-state index contributed by atoms with van der Waals surface area (Å²) in [5.41, 5.74) is 1.90. The fourth-order valence-corrected chi connectivity index (χ4v) is 5.07. The van der Waals surface area contributed by atoms with Gasteiger partial charge in [-0.2, -0.15) is 4.31 Å². The molecule has 5 heteroatoms. The smallest absolute Gasteiger partial charge is 0.243 e. The molecule has 118 valence electrons. The summed E-state index contributed by atoms with van der Waals surface area (Å²) in [4.78, 5) is 0.426. The Morgan fingerprint density at radius 1 is 1.10 bits per heavy atom. The second-order valence-corrected chi connectivity index (χ2v) is 8.36. The van der Waals surface area contributed by atoms with Crippen LogP contribution in [0, 0.1) is 20.8 Å². The van der Waals surface area contributed by atoms with Gasteiger partial charge in [0.1, 0.15) is 0 Å². The Morgan fingerprint density at radius 3 is 2.24 bits per heavy atom. The number of hydrogen-bond donors (Lipinski definition) is 1. The molecule has 21 heavy (non-hydrogen) atoms. The fraction of sp³-hybridized carbons (Fsp3) is 0.625. The highest BCUT2D eigenvalue weighted by atomic mass is 32.2. The van der Waals surface area contributed by atoms with E-state index in [2.05, 4.69) is 0 Å². The van der Waals surface area contributed by atoms with Crippen molar-refractivity contribution in [3.05, 3.63) is 28.8 Å². The lowest BCUT2D eigenvalue weighted by molar-refractivity contribution is 0.0465. The SMILES string of the molecule is Cc1cc(C)c(S(=O)(=O)N2CCCC(C)(O)CC2)c(C)c1. The van der Waals surface area contributed by atoms with Crippen LogP contribution in [0.4, 0.5) is 0 Å². The zero-order chi connectivity index (χ0) is 15.8. The van der Waals surface area contributed by atoms with E-state index in [1.165, 1.54) is 4.31 Å². The van der Waals surface area contributed by atoms with E-state index in [0.717, 1.165) is 16.7 Å². The molecule has 0 aromatic heterocycles. The first-order valence-corrected chi connectivity index (χ1v) is 8.88. The molecule has 2 rings (SSSR count). The summed E-state index contributed by atoms with van der Waals surface area (Å²) in [6, 6.07) is 3.82. The maximum Gasteiger partial charge on any atom is 0.243 e. The molecule has 1 saturated heterocycles. The zero-order valence-corrected chi connectivity index (χ0v) is 14.1. The lowest BCUT2D eigenvalue weighted by atomic mass is 9.98. The summed E-state index contributed by atoms with van der Waals surface area (Å²) in [7, 11) is -3.49. The molecule has 1 atom stereocenters. The van der Waals surface area contributed by atoms with Gasteiger partial charge < -0.3 is 5.11 Å². The quantitative estimate of drug-likeness (QED) is 0.913. The van der Waals surface area contributed by atoms with Crippen LogP contribution < -0.4 is 0 Å². The van der Waals surface area contributed by atoms with E-state index in [1.807, 2.05) is 32.9 Å². The Kier molecular flexibility index (Phi) is 4.47. The third kappa shape index (κ3) is 3.47. The predicted molar refractivity (Wildman–Crippen MR) is 83.9 cm³/mol. The normalized spacial score (nSPS) is 24.8. The van der Waals surface area contributed by atoms with Crippen molar-refractivity contribution in [2.45, 2.75) is 57.5 Å². The Morgan fingerprint density at radius 2 is 1.67 bits per heavy atom. The average molecular weight is 311 g/mol. The molecule has 1 aliphatic heterocycles. The van der Waals surface area contributed by atoms with Gasteiger partial charge in [-0.1, -0.05) is 17.7 Å². The van der Waals surface area contributed by atoms with Gasteiger partial charge in [0, 0.05) is 13.1 Å². The van der Waals surface area contributed by atoms with Gasteiger partial charge in [-0.05, 0) is 58.1 Å². The van der Waals surface area contributed by atoms with E-state index in [1.54, 1.807) is 6.92 Å². The number of sulfonamides is 1. The van der Waals surface area contributed by atoms with Crippen molar-refractivity contribution < 1.29 is 13.5 Å². The number of benzene rings is 1. The molecule has 1 aromatic rings. The third-order valence-electron chi connectivity index (χ3n) is 4.23. The summed E-state index contributed by atoms with van der Waals surface area (Å²) in [5.74, 6) is 0. The van der Waals surface area contributed by atoms with Crippen molar-refractivity contribution >= 4 is 10.0 Å². The van der Waals surface area contributed by atoms with Crippen LogP contribution in [0.2, 0.25) is 0 Å². The first kappa shape index (κ1) is 16.5. The van der Waals surface area contributed by atoms with E-state index in [-0.39, 0.29) is 0 Å². The average Bonchev–Trinajstić information content (AvgIpc) is 2.48. The molecular weight excluding hydrogens is 286 g/mol. The Labute approximate surface area is 127 Å². The van der Waals surface area contributed by atoms with Gasteiger partial charge in [-0.3, -0.25) is 0 Å². The summed E-state index contributed by atoms with van der Waals surface area (Å²) >= 11 is 0. The van der Waals surface area contributed by atoms with Gasteiger partial charge in [0.15, 0.2) is 0 Å². The summed E-state index contributed by atoms with van der Waals surface area (Å²) in [5, 5.41) is 10.1. The molecule has 1 N–H and O–H groups in total. The molecule has 0 radical (unpaired) electrons. The molecule has 0 bridgehead atoms. The highest BCUT2D eigenvalue weighted by molar-refractivity contribution is 7.89. The first-order chi connectivity index (χ1) is 9.63. The molecular formula is C16H25NO3S. The third-order valence-corrected chi connectivity index (χ3v) is 6.43. The van der Waals surface area contributed by atoms with Crippen LogP contribution in [-0.2, 0) is 10.0 Å². The van der Waals surface area contributed by atoms with Gasteiger partial charge in [-0.15, -0.1) is 0 Å². The summed E-state index contributed by atoms with van der Waals surface area (Å²) in [6.07, 6.45) is 1.82. The van der Waals surface area contributed by atoms with Crippen LogP contribution in [0.1, 0.15) is 42.9 Å². The van der Waals surface area contributed by atoms with Crippen LogP contribution in [0.5, 0.6) is 0 Å². The molecule has 1 fully saturated rings. The molecule has 1 heterocycles. The van der Waals surface area contributed by atoms with Crippen molar-refractivity contribution in [2.75, 3.05) is 13.1 Å². The fourth-order valence-electron chi connectivity index (χ4n) is 3.18. The van der Waals surface area contributed by atoms with E-state index in [4.69, 9.17) is 0 Å². The first-order valence-electron chi connectivity index (χ1n) is 7.44. The van der Waals surface area contributed by atoms with E-state index in [9.17, 15) is 13.5 Å². The van der Waals surface area contributed by atoms with Gasteiger partial charge in [0.05, 0.1) is 10.5 Å². The van der Waals surface area contributed by atoms with E-state index < -0.39 is 15.6 Å². The Balaban J connectivity index is 2.39. The van der Waals surface area contributed by atoms with E-state index in [0.29, 0.717) is 37.2 Å². The maximum atomic E-state index is 12.9. The maximum absolute atomic E-state index is 12.9. The summed E-state index contributed by atoms with van der Waals surface area (Å²) in [6.45, 7) is 8.31. The number of aliphatic hydroxyl groups is 1. The van der Waals surface area contributed by atoms with Gasteiger partial charge in [-0.25, -0.2) is 8.42 Å². The predicted octanol–water partition coefficient (Wildman–Crippen LogP) is 2.54. The van der Waals surface area contributed by atoms with Gasteiger partial charge in [0.25, 0.3) is 0 Å². The Bertz CT molecular complexity index is 612. The minimum absolute atomic E-state index is 0.377. The van der Waals surface area contributed by atoms with Crippen LogP contribution >= 0.6 is 0 Å². The van der Waals surface area contributed by atoms with E-state index >= 15 is 0 Å². The Hall–Kier alpha value is -0.910. The zero-order valence-electron chi connectivity index (χ0n) is 13.3. The summed E-state index contributed by atoms with van der Waals surface area (Å²) < 4.78 is 27.4. The topological polar surface area (TPSA) is 57.6 Å². The minimum atomic E-state index is -3.49. The van der Waals surface area contributed by atoms with Crippen LogP contribution in [0.25, 0.3) is 0 Å². The molecule has 1 aliphatic rings.